The number of aromatic nitrogens is 2. The minimum absolute atomic E-state index is 0.0157. The van der Waals surface area contributed by atoms with Crippen molar-refractivity contribution in [3.05, 3.63) is 65.2 Å². The summed E-state index contributed by atoms with van der Waals surface area (Å²) in [5, 5.41) is 0. The number of benzene rings is 2. The van der Waals surface area contributed by atoms with Gasteiger partial charge in [-0.15, -0.1) is 0 Å². The van der Waals surface area contributed by atoms with E-state index in [9.17, 15) is 35.2 Å². The van der Waals surface area contributed by atoms with Gasteiger partial charge < -0.3 is 9.47 Å². The molecule has 1 aromatic heterocycles. The highest BCUT2D eigenvalue weighted by atomic mass is 32.2. The number of hydrogen-bond donors (Lipinski definition) is 1. The van der Waals surface area contributed by atoms with E-state index < -0.39 is 28.4 Å². The van der Waals surface area contributed by atoms with Gasteiger partial charge in [0.1, 0.15) is 12.9 Å². The van der Waals surface area contributed by atoms with E-state index in [2.05, 4.69) is 19.4 Å². The van der Waals surface area contributed by atoms with Gasteiger partial charge in [0.25, 0.3) is 10.0 Å². The number of rotatable bonds is 14. The summed E-state index contributed by atoms with van der Waals surface area (Å²) in [5.74, 6) is -0.0402. The molecule has 256 valence electrons. The van der Waals surface area contributed by atoms with Gasteiger partial charge in [0, 0.05) is 29.3 Å². The zero-order chi connectivity index (χ0) is 34.7. The molecule has 47 heavy (non-hydrogen) atoms. The first-order valence-electron chi connectivity index (χ1n) is 14.9. The van der Waals surface area contributed by atoms with Crippen molar-refractivity contribution in [2.24, 2.45) is 5.92 Å². The van der Waals surface area contributed by atoms with Crippen molar-refractivity contribution < 1.29 is 44.6 Å². The molecule has 2 aromatic carbocycles. The molecule has 1 aliphatic carbocycles. The Hall–Kier alpha value is -3.69. The number of halogens is 5. The number of carbonyl (C=O) groups excluding carboxylic acids is 1. The average molecular weight is 685 g/mol. The first kappa shape index (κ1) is 36.2. The van der Waals surface area contributed by atoms with E-state index in [1.165, 1.54) is 24.3 Å². The van der Waals surface area contributed by atoms with Crippen molar-refractivity contribution in [1.82, 2.24) is 14.9 Å². The van der Waals surface area contributed by atoms with Crippen molar-refractivity contribution in [2.75, 3.05) is 18.4 Å². The molecule has 4 rings (SSSR count). The number of nitrogens with zero attached hydrogens (tertiary/aromatic N) is 3. The maximum Gasteiger partial charge on any atom is 0.482 e. The molecule has 1 aliphatic rings. The third-order valence-electron chi connectivity index (χ3n) is 8.00. The first-order chi connectivity index (χ1) is 21.9. The maximum absolute atomic E-state index is 13.4. The molecule has 0 unspecified atom stereocenters. The smallest absolute Gasteiger partial charge is 0.476 e. The van der Waals surface area contributed by atoms with Crippen molar-refractivity contribution in [1.29, 1.82) is 0 Å². The summed E-state index contributed by atoms with van der Waals surface area (Å²) in [6, 6.07) is 12.1. The van der Waals surface area contributed by atoms with Gasteiger partial charge in [0.05, 0.1) is 16.7 Å². The number of ether oxygens (including phenoxy) is 2. The number of alkyl halides is 5. The van der Waals surface area contributed by atoms with Crippen molar-refractivity contribution in [3.8, 4) is 17.1 Å². The van der Waals surface area contributed by atoms with Gasteiger partial charge in [-0.1, -0.05) is 44.2 Å². The molecule has 0 saturated heterocycles. The van der Waals surface area contributed by atoms with Gasteiger partial charge in [-0.3, -0.25) is 9.69 Å². The van der Waals surface area contributed by atoms with Crippen molar-refractivity contribution in [2.45, 2.75) is 82.3 Å². The summed E-state index contributed by atoms with van der Waals surface area (Å²) in [6.45, 7) is 7.77. The average Bonchev–Trinajstić information content (AvgIpc) is 2.95. The van der Waals surface area contributed by atoms with Crippen LogP contribution >= 0.6 is 0 Å². The molecule has 0 bridgehead atoms. The monoisotopic (exact) mass is 684 g/mol. The topological polar surface area (TPSA) is 111 Å². The summed E-state index contributed by atoms with van der Waals surface area (Å²) in [7, 11) is -2.47. The summed E-state index contributed by atoms with van der Waals surface area (Å²) < 4.78 is 104. The number of aldehydes is 1. The lowest BCUT2D eigenvalue weighted by atomic mass is 9.86. The molecule has 1 fully saturated rings. The van der Waals surface area contributed by atoms with Gasteiger partial charge >= 0.3 is 12.3 Å². The second-order valence-electron chi connectivity index (χ2n) is 12.1. The highest BCUT2D eigenvalue weighted by Gasteiger charge is 2.61. The van der Waals surface area contributed by atoms with E-state index in [4.69, 9.17) is 4.74 Å². The summed E-state index contributed by atoms with van der Waals surface area (Å²) in [6.07, 6.45) is -11.2. The molecular weight excluding hydrogens is 647 g/mol. The van der Waals surface area contributed by atoms with Gasteiger partial charge in [0.15, 0.2) is 0 Å². The van der Waals surface area contributed by atoms with Crippen LogP contribution in [0.5, 0.6) is 5.88 Å². The number of nitrogens with one attached hydrogen (secondary N) is 1. The van der Waals surface area contributed by atoms with Crippen LogP contribution in [0.25, 0.3) is 11.3 Å². The fourth-order valence-corrected chi connectivity index (χ4v) is 6.44. The summed E-state index contributed by atoms with van der Waals surface area (Å²) >= 11 is 0. The van der Waals surface area contributed by atoms with E-state index in [1.807, 2.05) is 50.8 Å². The van der Waals surface area contributed by atoms with E-state index in [0.29, 0.717) is 18.4 Å². The van der Waals surface area contributed by atoms with E-state index >= 15 is 0 Å². The fraction of sp³-hybridized carbons (Fsp3) is 0.469. The molecule has 3 aromatic rings. The predicted octanol–water partition coefficient (Wildman–Crippen LogP) is 6.80. The van der Waals surface area contributed by atoms with E-state index in [-0.39, 0.29) is 59.7 Å². The Balaban J connectivity index is 1.58. The molecule has 1 N–H and O–H groups in total. The normalized spacial score (nSPS) is 17.8. The van der Waals surface area contributed by atoms with Crippen LogP contribution in [0.3, 0.4) is 0 Å². The molecule has 1 atom stereocenters. The number of anilines is 1. The highest BCUT2D eigenvalue weighted by Crippen LogP contribution is 2.41. The fourth-order valence-electron chi connectivity index (χ4n) is 5.44. The maximum atomic E-state index is 13.4. The standard InChI is InChI=1S/C32H37F5N4O5S/c1-19(2)12-24(41(5)23-14-25(15-23)46-32(36,37)31(33,34)35)18-45-28-16-27(29-20(3)8-6-9-21(29)4)38-30(39-28)40-47(43,44)26-11-7-10-22(13-26)17-42/h6-11,13,16-17,19,23-25H,12,14-15,18H2,1-5H3,(H,38,39,40)/t23-,24-,25+/m1/s1. The molecule has 1 heterocycles. The molecular formula is C32H37F5N4O5S. The number of sulfonamides is 1. The van der Waals surface area contributed by atoms with Crippen LogP contribution < -0.4 is 9.46 Å². The summed E-state index contributed by atoms with van der Waals surface area (Å²) in [4.78, 5) is 21.7. The second-order valence-corrected chi connectivity index (χ2v) is 13.8. The molecule has 0 amide bonds. The molecule has 0 spiro atoms. The minimum atomic E-state index is -5.79. The van der Waals surface area contributed by atoms with Crippen molar-refractivity contribution >= 4 is 22.3 Å². The second kappa shape index (κ2) is 14.2. The Morgan fingerprint density at radius 1 is 1.02 bits per heavy atom. The largest absolute Gasteiger partial charge is 0.482 e. The Morgan fingerprint density at radius 2 is 1.66 bits per heavy atom. The van der Waals surface area contributed by atoms with Crippen molar-refractivity contribution in [3.63, 3.8) is 0 Å². The molecule has 9 nitrogen and oxygen atoms in total. The Bertz CT molecular complexity index is 1660. The minimum Gasteiger partial charge on any atom is -0.476 e. The van der Waals surface area contributed by atoms with Crippen LogP contribution in [-0.4, -0.2) is 73.7 Å². The van der Waals surface area contributed by atoms with Crippen LogP contribution in [0.4, 0.5) is 27.9 Å². The molecule has 0 radical (unpaired) electrons. The molecule has 1 saturated carbocycles. The zero-order valence-corrected chi connectivity index (χ0v) is 27.3. The zero-order valence-electron chi connectivity index (χ0n) is 26.5. The third kappa shape index (κ3) is 8.82. The number of carbonyl (C=O) groups is 1. The lowest BCUT2D eigenvalue weighted by molar-refractivity contribution is -0.408. The van der Waals surface area contributed by atoms with Crippen LogP contribution in [0, 0.1) is 19.8 Å². The Kier molecular flexibility index (Phi) is 10.9. The van der Waals surface area contributed by atoms with Gasteiger partial charge in [-0.2, -0.15) is 26.9 Å². The first-order valence-corrected chi connectivity index (χ1v) is 16.4. The van der Waals surface area contributed by atoms with Crippen LogP contribution in [0.2, 0.25) is 0 Å². The van der Waals surface area contributed by atoms with Crippen LogP contribution in [0.1, 0.15) is 54.6 Å². The van der Waals surface area contributed by atoms with Gasteiger partial charge in [0.2, 0.25) is 11.8 Å². The number of hydrogen-bond acceptors (Lipinski definition) is 8. The van der Waals surface area contributed by atoms with Crippen LogP contribution in [0.15, 0.2) is 53.4 Å². The van der Waals surface area contributed by atoms with Crippen LogP contribution in [-0.2, 0) is 14.8 Å². The SMILES string of the molecule is Cc1cccc(C)c1-c1cc(OC[C@@H](CC(C)C)N(C)[C@H]2C[C@@H](OC(F)(F)C(F)(F)F)C2)nc(NS(=O)(=O)c2cccc(C=O)c2)n1. The molecule has 0 aliphatic heterocycles. The highest BCUT2D eigenvalue weighted by molar-refractivity contribution is 7.92. The predicted molar refractivity (Wildman–Crippen MR) is 165 cm³/mol. The lowest BCUT2D eigenvalue weighted by Crippen LogP contribution is -2.54. The summed E-state index contributed by atoms with van der Waals surface area (Å²) in [5.41, 5.74) is 3.05. The van der Waals surface area contributed by atoms with E-state index in [1.54, 1.807) is 13.1 Å². The van der Waals surface area contributed by atoms with Gasteiger partial charge in [-0.25, -0.2) is 18.1 Å². The quantitative estimate of drug-likeness (QED) is 0.146. The molecule has 15 heteroatoms. The Morgan fingerprint density at radius 3 is 2.26 bits per heavy atom. The lowest BCUT2D eigenvalue weighted by Gasteiger charge is -2.45. The van der Waals surface area contributed by atoms with E-state index in [0.717, 1.165) is 16.7 Å². The Labute approximate surface area is 270 Å². The number of likely N-dealkylation sites (N-methyl/N-ethyl adjacent to an activating group) is 1. The third-order valence-corrected chi connectivity index (χ3v) is 9.33. The van der Waals surface area contributed by atoms with Gasteiger partial charge in [-0.05, 0) is 69.3 Å². The number of aryl methyl sites for hydroxylation is 2.